The monoisotopic (exact) mass is 297 g/mol. The molecular formula is C10H8BrN3O3. The molecule has 0 aliphatic carbocycles. The lowest BCUT2D eigenvalue weighted by atomic mass is 10.2. The van der Waals surface area contributed by atoms with Crippen molar-refractivity contribution < 1.29 is 14.6 Å². The highest BCUT2D eigenvalue weighted by atomic mass is 79.9. The molecule has 2 N–H and O–H groups in total. The van der Waals surface area contributed by atoms with Crippen LogP contribution in [0.25, 0.3) is 10.9 Å². The van der Waals surface area contributed by atoms with Crippen LogP contribution in [0.15, 0.2) is 32.9 Å². The van der Waals surface area contributed by atoms with Crippen molar-refractivity contribution in [2.75, 3.05) is 7.11 Å². The summed E-state index contributed by atoms with van der Waals surface area (Å²) in [5.74, 6) is -0.147. The Balaban J connectivity index is 2.52. The van der Waals surface area contributed by atoms with Crippen LogP contribution in [0, 0.1) is 0 Å². The molecule has 0 radical (unpaired) electrons. The first-order valence-corrected chi connectivity index (χ1v) is 5.41. The SMILES string of the molecule is COC(=O)N=Nc1c(O)[nH]c2ccc(Br)cc12. The maximum Gasteiger partial charge on any atom is 0.452 e. The molecule has 1 aromatic heterocycles. The van der Waals surface area contributed by atoms with Crippen molar-refractivity contribution in [2.45, 2.75) is 0 Å². The maximum atomic E-state index is 10.8. The number of fused-ring (bicyclic) bond motifs is 1. The summed E-state index contributed by atoms with van der Waals surface area (Å²) in [6.07, 6.45) is -0.825. The number of aromatic amines is 1. The van der Waals surface area contributed by atoms with E-state index in [0.717, 1.165) is 4.47 Å². The van der Waals surface area contributed by atoms with E-state index in [0.29, 0.717) is 10.9 Å². The fourth-order valence-electron chi connectivity index (χ4n) is 1.37. The standard InChI is InChI=1S/C10H8BrN3O3/c1-17-10(16)14-13-8-6-4-5(11)2-3-7(6)12-9(8)15/h2-4,12,15H,1H3. The smallest absolute Gasteiger partial charge is 0.452 e. The lowest BCUT2D eigenvalue weighted by Gasteiger charge is -1.92. The Hall–Kier alpha value is -1.89. The van der Waals surface area contributed by atoms with Gasteiger partial charge in [0.1, 0.15) is 0 Å². The van der Waals surface area contributed by atoms with Crippen LogP contribution in [0.2, 0.25) is 0 Å². The number of methoxy groups -OCH3 is 1. The normalized spacial score (nSPS) is 11.2. The Bertz CT molecular complexity index is 606. The fraction of sp³-hybridized carbons (Fsp3) is 0.100. The molecule has 88 valence electrons. The van der Waals surface area contributed by atoms with Crippen LogP contribution >= 0.6 is 15.9 Å². The zero-order chi connectivity index (χ0) is 12.4. The van der Waals surface area contributed by atoms with E-state index in [2.05, 4.69) is 35.9 Å². The topological polar surface area (TPSA) is 87.0 Å². The Morgan fingerprint density at radius 3 is 3.00 bits per heavy atom. The molecule has 0 unspecified atom stereocenters. The van der Waals surface area contributed by atoms with Crippen LogP contribution in [0.4, 0.5) is 10.5 Å². The summed E-state index contributed by atoms with van der Waals surface area (Å²) >= 11 is 3.31. The van der Waals surface area contributed by atoms with Gasteiger partial charge in [-0.05, 0) is 18.2 Å². The lowest BCUT2D eigenvalue weighted by Crippen LogP contribution is -1.89. The number of carbonyl (C=O) groups excluding carboxylic acids is 1. The number of hydrogen-bond acceptors (Lipinski definition) is 4. The summed E-state index contributed by atoms with van der Waals surface area (Å²) < 4.78 is 5.16. The molecule has 0 aliphatic rings. The zero-order valence-corrected chi connectivity index (χ0v) is 10.4. The van der Waals surface area contributed by atoms with Crippen molar-refractivity contribution in [3.63, 3.8) is 0 Å². The van der Waals surface area contributed by atoms with Gasteiger partial charge in [-0.3, -0.25) is 0 Å². The summed E-state index contributed by atoms with van der Waals surface area (Å²) in [4.78, 5) is 13.6. The molecule has 0 fully saturated rings. The van der Waals surface area contributed by atoms with Crippen molar-refractivity contribution in [1.82, 2.24) is 4.98 Å². The first-order valence-electron chi connectivity index (χ1n) is 4.61. The van der Waals surface area contributed by atoms with Gasteiger partial charge in [0, 0.05) is 9.86 Å². The van der Waals surface area contributed by atoms with Gasteiger partial charge in [0.25, 0.3) is 0 Å². The Morgan fingerprint density at radius 1 is 1.53 bits per heavy atom. The summed E-state index contributed by atoms with van der Waals surface area (Å²) in [5, 5.41) is 17.2. The Labute approximate surface area is 104 Å². The van der Waals surface area contributed by atoms with Crippen LogP contribution in [0.3, 0.4) is 0 Å². The van der Waals surface area contributed by atoms with E-state index in [1.807, 2.05) is 6.07 Å². The summed E-state index contributed by atoms with van der Waals surface area (Å²) in [5.41, 5.74) is 0.899. The van der Waals surface area contributed by atoms with E-state index < -0.39 is 6.09 Å². The van der Waals surface area contributed by atoms with E-state index in [1.165, 1.54) is 7.11 Å². The number of benzene rings is 1. The summed E-state index contributed by atoms with van der Waals surface area (Å²) in [6.45, 7) is 0. The molecule has 2 rings (SSSR count). The summed E-state index contributed by atoms with van der Waals surface area (Å²) in [7, 11) is 1.20. The molecule has 0 atom stereocenters. The third-order valence-corrected chi connectivity index (χ3v) is 2.61. The Morgan fingerprint density at radius 2 is 2.29 bits per heavy atom. The maximum absolute atomic E-state index is 10.8. The van der Waals surface area contributed by atoms with Crippen LogP contribution in [0.5, 0.6) is 5.88 Å². The second-order valence-electron chi connectivity index (χ2n) is 3.18. The molecular weight excluding hydrogens is 290 g/mol. The van der Waals surface area contributed by atoms with Crippen molar-refractivity contribution in [2.24, 2.45) is 10.2 Å². The van der Waals surface area contributed by atoms with E-state index in [4.69, 9.17) is 0 Å². The highest BCUT2D eigenvalue weighted by molar-refractivity contribution is 9.10. The number of halogens is 1. The molecule has 2 aromatic rings. The number of H-pyrrole nitrogens is 1. The van der Waals surface area contributed by atoms with Gasteiger partial charge < -0.3 is 14.8 Å². The van der Waals surface area contributed by atoms with Crippen molar-refractivity contribution in [3.8, 4) is 5.88 Å². The third kappa shape index (κ3) is 2.28. The van der Waals surface area contributed by atoms with Crippen LogP contribution in [-0.4, -0.2) is 23.3 Å². The molecule has 1 heterocycles. The molecule has 0 spiro atoms. The second kappa shape index (κ2) is 4.54. The number of hydrogen-bond donors (Lipinski definition) is 2. The molecule has 1 amide bonds. The molecule has 7 heteroatoms. The Kier molecular flexibility index (Phi) is 3.10. The molecule has 0 saturated carbocycles. The highest BCUT2D eigenvalue weighted by Gasteiger charge is 2.11. The molecule has 1 aromatic carbocycles. The minimum Gasteiger partial charge on any atom is -0.493 e. The van der Waals surface area contributed by atoms with Crippen molar-refractivity contribution in [1.29, 1.82) is 0 Å². The molecule has 6 nitrogen and oxygen atoms in total. The molecule has 0 bridgehead atoms. The minimum absolute atomic E-state index is 0.147. The van der Waals surface area contributed by atoms with Gasteiger partial charge in [-0.15, -0.1) is 5.11 Å². The van der Waals surface area contributed by atoms with Gasteiger partial charge in [0.05, 0.1) is 12.6 Å². The van der Waals surface area contributed by atoms with Gasteiger partial charge in [0.2, 0.25) is 5.88 Å². The third-order valence-electron chi connectivity index (χ3n) is 2.12. The number of nitrogens with zero attached hydrogens (tertiary/aromatic N) is 2. The number of rotatable bonds is 1. The number of nitrogens with one attached hydrogen (secondary N) is 1. The van der Waals surface area contributed by atoms with Crippen molar-refractivity contribution >= 4 is 38.6 Å². The van der Waals surface area contributed by atoms with Crippen LogP contribution < -0.4 is 0 Å². The number of azo groups is 1. The van der Waals surface area contributed by atoms with E-state index in [1.54, 1.807) is 12.1 Å². The summed E-state index contributed by atoms with van der Waals surface area (Å²) in [6, 6.07) is 5.35. The molecule has 0 saturated heterocycles. The van der Waals surface area contributed by atoms with Crippen molar-refractivity contribution in [3.05, 3.63) is 22.7 Å². The average molecular weight is 298 g/mol. The first kappa shape index (κ1) is 11.6. The lowest BCUT2D eigenvalue weighted by molar-refractivity contribution is 0.181. The number of aromatic hydroxyl groups is 1. The largest absolute Gasteiger partial charge is 0.493 e. The number of carbonyl (C=O) groups is 1. The number of aromatic nitrogens is 1. The minimum atomic E-state index is -0.825. The first-order chi connectivity index (χ1) is 8.11. The van der Waals surface area contributed by atoms with Crippen LogP contribution in [0.1, 0.15) is 0 Å². The molecule has 0 aliphatic heterocycles. The van der Waals surface area contributed by atoms with Gasteiger partial charge in [0.15, 0.2) is 5.69 Å². The fourth-order valence-corrected chi connectivity index (χ4v) is 1.73. The van der Waals surface area contributed by atoms with Gasteiger partial charge in [-0.25, -0.2) is 4.79 Å². The highest BCUT2D eigenvalue weighted by Crippen LogP contribution is 2.36. The van der Waals surface area contributed by atoms with Gasteiger partial charge in [-0.1, -0.05) is 21.0 Å². The quantitative estimate of drug-likeness (QED) is 0.790. The number of amides is 1. The predicted molar refractivity (Wildman–Crippen MR) is 64.6 cm³/mol. The number of ether oxygens (including phenoxy) is 1. The molecule has 17 heavy (non-hydrogen) atoms. The van der Waals surface area contributed by atoms with E-state index in [-0.39, 0.29) is 11.6 Å². The van der Waals surface area contributed by atoms with Crippen LogP contribution in [-0.2, 0) is 4.74 Å². The zero-order valence-electron chi connectivity index (χ0n) is 8.77. The van der Waals surface area contributed by atoms with Gasteiger partial charge >= 0.3 is 6.09 Å². The average Bonchev–Trinajstić information content (AvgIpc) is 2.61. The predicted octanol–water partition coefficient (Wildman–Crippen LogP) is 3.49. The van der Waals surface area contributed by atoms with E-state index >= 15 is 0 Å². The van der Waals surface area contributed by atoms with Gasteiger partial charge in [-0.2, -0.15) is 0 Å². The second-order valence-corrected chi connectivity index (χ2v) is 4.10. The van der Waals surface area contributed by atoms with E-state index in [9.17, 15) is 9.90 Å².